The summed E-state index contributed by atoms with van der Waals surface area (Å²) in [4.78, 5) is 32.9. The Morgan fingerprint density at radius 3 is 2.30 bits per heavy atom. The van der Waals surface area contributed by atoms with Crippen LogP contribution in [0.2, 0.25) is 0 Å². The number of rotatable bonds is 10. The van der Waals surface area contributed by atoms with E-state index in [2.05, 4.69) is 52.0 Å². The van der Waals surface area contributed by atoms with Crippen LogP contribution in [-0.4, -0.2) is 85.4 Å². The van der Waals surface area contributed by atoms with Crippen molar-refractivity contribution in [1.82, 2.24) is 20.0 Å². The summed E-state index contributed by atoms with van der Waals surface area (Å²) in [5.74, 6) is 1.97. The molecule has 0 bridgehead atoms. The van der Waals surface area contributed by atoms with Gasteiger partial charge in [-0.25, -0.2) is 0 Å². The molecule has 2 rings (SSSR count). The lowest BCUT2D eigenvalue weighted by Gasteiger charge is -2.42. The molecule has 2 heterocycles. The molecule has 2 atom stereocenters. The molecule has 30 heavy (non-hydrogen) atoms. The number of carbonyl (C=O) groups is 2. The molecule has 1 N–H and O–H groups in total. The van der Waals surface area contributed by atoms with Crippen LogP contribution in [0, 0.1) is 17.8 Å². The fraction of sp³-hybridized carbons (Fsp3) is 0.917. The summed E-state index contributed by atoms with van der Waals surface area (Å²) in [6, 6.07) is -0.445. The quantitative estimate of drug-likeness (QED) is 0.588. The first kappa shape index (κ1) is 25.1. The molecule has 0 radical (unpaired) electrons. The van der Waals surface area contributed by atoms with Crippen LogP contribution in [0.3, 0.4) is 0 Å². The molecule has 6 heteroatoms. The predicted octanol–water partition coefficient (Wildman–Crippen LogP) is 2.83. The number of nitrogens with zero attached hydrogens (tertiary/aromatic N) is 3. The van der Waals surface area contributed by atoms with Gasteiger partial charge in [-0.15, -0.1) is 0 Å². The molecular formula is C24H46N4O2. The van der Waals surface area contributed by atoms with Crippen LogP contribution in [0.1, 0.15) is 66.2 Å². The smallest absolute Gasteiger partial charge is 0.245 e. The van der Waals surface area contributed by atoms with Crippen molar-refractivity contribution >= 4 is 11.8 Å². The van der Waals surface area contributed by atoms with Crippen molar-refractivity contribution in [2.45, 2.75) is 78.3 Å². The van der Waals surface area contributed by atoms with Crippen molar-refractivity contribution in [2.24, 2.45) is 17.8 Å². The minimum absolute atomic E-state index is 0.127. The predicted molar refractivity (Wildman–Crippen MR) is 123 cm³/mol. The van der Waals surface area contributed by atoms with Crippen LogP contribution in [0.5, 0.6) is 0 Å². The summed E-state index contributed by atoms with van der Waals surface area (Å²) in [6.07, 6.45) is 6.01. The minimum atomic E-state index is -0.306. The lowest BCUT2D eigenvalue weighted by atomic mass is 9.92. The van der Waals surface area contributed by atoms with Gasteiger partial charge in [0.1, 0.15) is 6.04 Å². The van der Waals surface area contributed by atoms with Gasteiger partial charge in [0.25, 0.3) is 0 Å². The topological polar surface area (TPSA) is 55.9 Å². The zero-order valence-electron chi connectivity index (χ0n) is 20.3. The summed E-state index contributed by atoms with van der Waals surface area (Å²) in [5, 5.41) is 3.39. The van der Waals surface area contributed by atoms with Crippen LogP contribution in [0.4, 0.5) is 0 Å². The first-order valence-electron chi connectivity index (χ1n) is 12.2. The molecule has 0 aromatic carbocycles. The maximum absolute atomic E-state index is 13.5. The second-order valence-electron chi connectivity index (χ2n) is 10.5. The van der Waals surface area contributed by atoms with Crippen molar-refractivity contribution in [3.63, 3.8) is 0 Å². The SMILES string of the molecule is CC(C)CC[C@@H]1NCCN([C@@H](CC(C)C)C(=O)N2CCC(CCN(C)C)CC2)C1=O. The number of piperidine rings is 1. The molecule has 0 spiro atoms. The van der Waals surface area contributed by atoms with Gasteiger partial charge in [-0.3, -0.25) is 9.59 Å². The van der Waals surface area contributed by atoms with Gasteiger partial charge in [-0.2, -0.15) is 0 Å². The highest BCUT2D eigenvalue weighted by Crippen LogP contribution is 2.24. The van der Waals surface area contributed by atoms with Crippen LogP contribution >= 0.6 is 0 Å². The lowest BCUT2D eigenvalue weighted by molar-refractivity contribution is -0.150. The molecule has 0 aliphatic carbocycles. The number of hydrogen-bond acceptors (Lipinski definition) is 4. The number of amides is 2. The second-order valence-corrected chi connectivity index (χ2v) is 10.5. The van der Waals surface area contributed by atoms with Crippen molar-refractivity contribution in [2.75, 3.05) is 46.8 Å². The molecule has 2 aliphatic rings. The molecule has 0 unspecified atom stereocenters. The minimum Gasteiger partial charge on any atom is -0.341 e. The van der Waals surface area contributed by atoms with Crippen LogP contribution in [0.15, 0.2) is 0 Å². The van der Waals surface area contributed by atoms with Crippen molar-refractivity contribution in [3.8, 4) is 0 Å². The highest BCUT2D eigenvalue weighted by molar-refractivity contribution is 5.90. The first-order chi connectivity index (χ1) is 14.2. The lowest BCUT2D eigenvalue weighted by Crippen LogP contribution is -2.62. The van der Waals surface area contributed by atoms with Gasteiger partial charge in [0.05, 0.1) is 6.04 Å². The van der Waals surface area contributed by atoms with Gasteiger partial charge < -0.3 is 20.0 Å². The van der Waals surface area contributed by atoms with E-state index in [1.165, 1.54) is 6.42 Å². The summed E-state index contributed by atoms with van der Waals surface area (Å²) >= 11 is 0. The van der Waals surface area contributed by atoms with Crippen molar-refractivity contribution < 1.29 is 9.59 Å². The largest absolute Gasteiger partial charge is 0.341 e. The maximum Gasteiger partial charge on any atom is 0.245 e. The van der Waals surface area contributed by atoms with Gasteiger partial charge in [0, 0.05) is 26.2 Å². The Morgan fingerprint density at radius 1 is 1.07 bits per heavy atom. The molecule has 0 aromatic rings. The molecule has 2 amide bonds. The Labute approximate surface area is 184 Å². The third-order valence-electron chi connectivity index (χ3n) is 6.62. The van der Waals surface area contributed by atoms with E-state index in [-0.39, 0.29) is 23.9 Å². The van der Waals surface area contributed by atoms with Gasteiger partial charge in [-0.1, -0.05) is 27.7 Å². The molecule has 2 aliphatic heterocycles. The van der Waals surface area contributed by atoms with Gasteiger partial charge in [0.15, 0.2) is 0 Å². The molecule has 174 valence electrons. The monoisotopic (exact) mass is 422 g/mol. The Hall–Kier alpha value is -1.14. The van der Waals surface area contributed by atoms with E-state index < -0.39 is 0 Å². The van der Waals surface area contributed by atoms with Crippen LogP contribution in [0.25, 0.3) is 0 Å². The number of piperazine rings is 1. The summed E-state index contributed by atoms with van der Waals surface area (Å²) in [7, 11) is 4.24. The normalized spacial score (nSPS) is 22.4. The average Bonchev–Trinajstić information content (AvgIpc) is 2.69. The van der Waals surface area contributed by atoms with E-state index in [9.17, 15) is 9.59 Å². The number of carbonyl (C=O) groups excluding carboxylic acids is 2. The Kier molecular flexibility index (Phi) is 10.1. The van der Waals surface area contributed by atoms with E-state index in [0.717, 1.165) is 58.3 Å². The Balaban J connectivity index is 2.00. The van der Waals surface area contributed by atoms with Crippen molar-refractivity contribution in [3.05, 3.63) is 0 Å². The third kappa shape index (κ3) is 7.52. The third-order valence-corrected chi connectivity index (χ3v) is 6.62. The van der Waals surface area contributed by atoms with E-state index >= 15 is 0 Å². The highest BCUT2D eigenvalue weighted by atomic mass is 16.2. The molecular weight excluding hydrogens is 376 g/mol. The molecule has 0 saturated carbocycles. The summed E-state index contributed by atoms with van der Waals surface area (Å²) in [6.45, 7) is 12.9. The number of hydrogen-bond donors (Lipinski definition) is 1. The Bertz CT molecular complexity index is 541. The van der Waals surface area contributed by atoms with Crippen LogP contribution < -0.4 is 5.32 Å². The Morgan fingerprint density at radius 2 is 1.73 bits per heavy atom. The number of nitrogens with one attached hydrogen (secondary N) is 1. The molecule has 2 fully saturated rings. The van der Waals surface area contributed by atoms with E-state index in [1.807, 2.05) is 9.80 Å². The molecule has 0 aromatic heterocycles. The molecule has 2 saturated heterocycles. The maximum atomic E-state index is 13.5. The second kappa shape index (κ2) is 12.0. The molecule has 6 nitrogen and oxygen atoms in total. The van der Waals surface area contributed by atoms with Gasteiger partial charge in [-0.05, 0) is 76.9 Å². The summed E-state index contributed by atoms with van der Waals surface area (Å²) < 4.78 is 0. The fourth-order valence-electron chi connectivity index (χ4n) is 4.69. The standard InChI is InChI=1S/C24H46N4O2/c1-18(2)7-8-21-23(29)28(16-12-25-21)22(17-19(3)4)24(30)27-14-10-20(11-15-27)9-13-26(5)6/h18-22,25H,7-17H2,1-6H3/t21-,22-/m0/s1. The van der Waals surface area contributed by atoms with E-state index in [1.54, 1.807) is 0 Å². The fourth-order valence-corrected chi connectivity index (χ4v) is 4.69. The van der Waals surface area contributed by atoms with Crippen LogP contribution in [-0.2, 0) is 9.59 Å². The first-order valence-corrected chi connectivity index (χ1v) is 12.2. The van der Waals surface area contributed by atoms with Crippen molar-refractivity contribution in [1.29, 1.82) is 0 Å². The average molecular weight is 423 g/mol. The van der Waals surface area contributed by atoms with E-state index in [4.69, 9.17) is 0 Å². The number of likely N-dealkylation sites (tertiary alicyclic amines) is 1. The van der Waals surface area contributed by atoms with E-state index in [0.29, 0.717) is 24.3 Å². The zero-order chi connectivity index (χ0) is 22.3. The zero-order valence-corrected chi connectivity index (χ0v) is 20.3. The summed E-state index contributed by atoms with van der Waals surface area (Å²) in [5.41, 5.74) is 0. The highest BCUT2D eigenvalue weighted by Gasteiger charge is 2.38. The van der Waals surface area contributed by atoms with Gasteiger partial charge >= 0.3 is 0 Å². The van der Waals surface area contributed by atoms with Gasteiger partial charge in [0.2, 0.25) is 11.8 Å².